The first-order chi connectivity index (χ1) is 12.2. The minimum atomic E-state index is -0.0648. The number of nitrogens with zero attached hydrogens (tertiary/aromatic N) is 4. The van der Waals surface area contributed by atoms with Crippen LogP contribution in [0.2, 0.25) is 0 Å². The smallest absolute Gasteiger partial charge is 0.122 e. The molecule has 3 N–H and O–H groups in total. The topological polar surface area (TPSA) is 80.2 Å². The van der Waals surface area contributed by atoms with Crippen LogP contribution in [-0.4, -0.2) is 38.1 Å². The second kappa shape index (κ2) is 7.00. The lowest BCUT2D eigenvalue weighted by molar-refractivity contribution is 0.308. The summed E-state index contributed by atoms with van der Waals surface area (Å²) < 4.78 is 1.95. The van der Waals surface area contributed by atoms with Gasteiger partial charge >= 0.3 is 0 Å². The Kier molecular flexibility index (Phi) is 5.08. The Morgan fingerprint density at radius 2 is 2.04 bits per heavy atom. The summed E-state index contributed by atoms with van der Waals surface area (Å²) in [5.41, 5.74) is 10.9. The van der Waals surface area contributed by atoms with Crippen molar-refractivity contribution in [3.63, 3.8) is 0 Å². The van der Waals surface area contributed by atoms with Gasteiger partial charge in [0.05, 0.1) is 17.9 Å². The maximum atomic E-state index is 10.7. The van der Waals surface area contributed by atoms with Gasteiger partial charge in [-0.1, -0.05) is 32.1 Å². The number of hydrogen-bond donors (Lipinski definition) is 2. The number of hydrogen-bond acceptors (Lipinski definition) is 5. The lowest BCUT2D eigenvalue weighted by Crippen LogP contribution is -2.23. The molecular formula is C20H31N5O. The van der Waals surface area contributed by atoms with Gasteiger partial charge in [-0.05, 0) is 47.9 Å². The van der Waals surface area contributed by atoms with Crippen molar-refractivity contribution < 1.29 is 5.11 Å². The number of rotatable bonds is 4. The normalized spacial score (nSPS) is 18.6. The van der Waals surface area contributed by atoms with E-state index in [-0.39, 0.29) is 5.41 Å². The Hall–Kier alpha value is -1.92. The molecule has 2 aromatic rings. The van der Waals surface area contributed by atoms with Crippen LogP contribution in [0.25, 0.3) is 0 Å². The van der Waals surface area contributed by atoms with Crippen molar-refractivity contribution in [1.29, 1.82) is 0 Å². The fraction of sp³-hybridized carbons (Fsp3) is 0.600. The minimum Gasteiger partial charge on any atom is -0.507 e. The molecule has 1 unspecified atom stereocenters. The molecule has 0 spiro atoms. The Labute approximate surface area is 156 Å². The van der Waals surface area contributed by atoms with Gasteiger partial charge in [0.2, 0.25) is 0 Å². The van der Waals surface area contributed by atoms with E-state index in [0.717, 1.165) is 42.9 Å². The molecule has 3 rings (SSSR count). The molecule has 0 amide bonds. The second-order valence-electron chi connectivity index (χ2n) is 8.51. The number of aromatic nitrogens is 3. The zero-order valence-corrected chi connectivity index (χ0v) is 16.6. The van der Waals surface area contributed by atoms with Crippen LogP contribution in [0, 0.1) is 13.8 Å². The minimum absolute atomic E-state index is 0.0648. The fourth-order valence-electron chi connectivity index (χ4n) is 3.81. The van der Waals surface area contributed by atoms with Crippen LogP contribution >= 0.6 is 0 Å². The van der Waals surface area contributed by atoms with Crippen LogP contribution in [0.1, 0.15) is 61.2 Å². The monoisotopic (exact) mass is 357 g/mol. The van der Waals surface area contributed by atoms with Crippen LogP contribution < -0.4 is 5.73 Å². The van der Waals surface area contributed by atoms with Crippen LogP contribution in [-0.2, 0) is 18.5 Å². The number of likely N-dealkylation sites (tertiary alicyclic amines) is 1. The summed E-state index contributed by atoms with van der Waals surface area (Å²) in [5.74, 6) is 0.442. The second-order valence-corrected chi connectivity index (χ2v) is 8.51. The van der Waals surface area contributed by atoms with Crippen LogP contribution in [0.5, 0.6) is 5.75 Å². The maximum Gasteiger partial charge on any atom is 0.122 e. The van der Waals surface area contributed by atoms with Gasteiger partial charge in [-0.3, -0.25) is 4.90 Å². The van der Waals surface area contributed by atoms with Crippen molar-refractivity contribution in [1.82, 2.24) is 19.9 Å². The first kappa shape index (κ1) is 18.9. The Bertz CT molecular complexity index is 790. The predicted octanol–water partition coefficient (Wildman–Crippen LogP) is 2.80. The Balaban J connectivity index is 1.76. The highest BCUT2D eigenvalue weighted by Crippen LogP contribution is 2.37. The van der Waals surface area contributed by atoms with Gasteiger partial charge in [0.25, 0.3) is 0 Å². The summed E-state index contributed by atoms with van der Waals surface area (Å²) in [4.78, 5) is 2.43. The van der Waals surface area contributed by atoms with Crippen molar-refractivity contribution in [2.45, 2.75) is 65.6 Å². The molecule has 6 nitrogen and oxygen atoms in total. The van der Waals surface area contributed by atoms with Crippen LogP contribution in [0.15, 0.2) is 12.3 Å². The molecule has 0 bridgehead atoms. The third kappa shape index (κ3) is 3.62. The van der Waals surface area contributed by atoms with Gasteiger partial charge in [-0.2, -0.15) is 0 Å². The van der Waals surface area contributed by atoms with Gasteiger partial charge in [0.15, 0.2) is 0 Å². The summed E-state index contributed by atoms with van der Waals surface area (Å²) in [6.45, 7) is 13.8. The van der Waals surface area contributed by atoms with Gasteiger partial charge in [0.1, 0.15) is 5.75 Å². The van der Waals surface area contributed by atoms with E-state index in [2.05, 4.69) is 49.0 Å². The van der Waals surface area contributed by atoms with Crippen molar-refractivity contribution in [2.24, 2.45) is 5.73 Å². The highest BCUT2D eigenvalue weighted by Gasteiger charge is 2.27. The molecule has 26 heavy (non-hydrogen) atoms. The number of phenolic OH excluding ortho intramolecular Hbond substituents is 1. The predicted molar refractivity (Wildman–Crippen MR) is 103 cm³/mol. The Morgan fingerprint density at radius 1 is 1.31 bits per heavy atom. The summed E-state index contributed by atoms with van der Waals surface area (Å²) in [6, 6.07) is 2.49. The number of aromatic hydroxyl groups is 1. The summed E-state index contributed by atoms with van der Waals surface area (Å²) in [7, 11) is 0. The van der Waals surface area contributed by atoms with Crippen molar-refractivity contribution in [3.8, 4) is 5.75 Å². The van der Waals surface area contributed by atoms with E-state index in [1.54, 1.807) is 0 Å². The maximum absolute atomic E-state index is 10.7. The molecule has 0 radical (unpaired) electrons. The van der Waals surface area contributed by atoms with E-state index in [1.165, 1.54) is 11.1 Å². The van der Waals surface area contributed by atoms with E-state index < -0.39 is 0 Å². The largest absolute Gasteiger partial charge is 0.507 e. The Morgan fingerprint density at radius 3 is 2.65 bits per heavy atom. The number of aryl methyl sites for hydroxylation is 1. The van der Waals surface area contributed by atoms with E-state index in [4.69, 9.17) is 5.73 Å². The molecule has 0 saturated carbocycles. The quantitative estimate of drug-likeness (QED) is 0.879. The van der Waals surface area contributed by atoms with Gasteiger partial charge in [0, 0.05) is 26.2 Å². The molecule has 6 heteroatoms. The fourth-order valence-corrected chi connectivity index (χ4v) is 3.81. The van der Waals surface area contributed by atoms with Gasteiger partial charge in [-0.15, -0.1) is 5.10 Å². The average Bonchev–Trinajstić information content (AvgIpc) is 3.22. The molecule has 1 aromatic heterocycles. The molecule has 1 fully saturated rings. The van der Waals surface area contributed by atoms with Gasteiger partial charge in [-0.25, -0.2) is 4.68 Å². The SMILES string of the molecule is Cc1cc(C(C)(C)C)c(O)c(C)c1CN1CCC(n2cc(CN)nn2)C1. The molecule has 1 aliphatic rings. The number of benzene rings is 1. The summed E-state index contributed by atoms with van der Waals surface area (Å²) in [6.07, 6.45) is 3.01. The van der Waals surface area contributed by atoms with Crippen molar-refractivity contribution >= 4 is 0 Å². The molecular weight excluding hydrogens is 326 g/mol. The molecule has 1 atom stereocenters. The van der Waals surface area contributed by atoms with E-state index in [9.17, 15) is 5.11 Å². The third-order valence-electron chi connectivity index (χ3n) is 5.48. The summed E-state index contributed by atoms with van der Waals surface area (Å²) >= 11 is 0. The average molecular weight is 358 g/mol. The first-order valence-electron chi connectivity index (χ1n) is 9.36. The molecule has 1 saturated heterocycles. The van der Waals surface area contributed by atoms with Crippen molar-refractivity contribution in [3.05, 3.63) is 40.2 Å². The molecule has 2 heterocycles. The van der Waals surface area contributed by atoms with Gasteiger partial charge < -0.3 is 10.8 Å². The van der Waals surface area contributed by atoms with E-state index in [1.807, 2.05) is 17.8 Å². The van der Waals surface area contributed by atoms with Crippen LogP contribution in [0.3, 0.4) is 0 Å². The third-order valence-corrected chi connectivity index (χ3v) is 5.48. The lowest BCUT2D eigenvalue weighted by atomic mass is 9.82. The van der Waals surface area contributed by atoms with Crippen LogP contribution in [0.4, 0.5) is 0 Å². The molecule has 1 aromatic carbocycles. The standard InChI is InChI=1S/C20H31N5O/c1-13-8-18(20(3,4)5)19(26)14(2)17(13)12-24-7-6-16(11-24)25-10-15(9-21)22-23-25/h8,10,16,26H,6-7,9,11-12,21H2,1-5H3. The number of phenols is 1. The molecule has 142 valence electrons. The highest BCUT2D eigenvalue weighted by atomic mass is 16.3. The van der Waals surface area contributed by atoms with E-state index in [0.29, 0.717) is 18.3 Å². The van der Waals surface area contributed by atoms with E-state index >= 15 is 0 Å². The highest BCUT2D eigenvalue weighted by molar-refractivity contribution is 5.51. The zero-order chi connectivity index (χ0) is 19.1. The molecule has 0 aliphatic carbocycles. The molecule has 1 aliphatic heterocycles. The summed E-state index contributed by atoms with van der Waals surface area (Å²) in [5, 5.41) is 19.0. The first-order valence-corrected chi connectivity index (χ1v) is 9.36. The van der Waals surface area contributed by atoms with Crippen molar-refractivity contribution in [2.75, 3.05) is 13.1 Å². The lowest BCUT2D eigenvalue weighted by Gasteiger charge is -2.26. The number of nitrogens with two attached hydrogens (primary N) is 1. The zero-order valence-electron chi connectivity index (χ0n) is 16.6.